The van der Waals surface area contributed by atoms with Crippen molar-refractivity contribution in [2.24, 2.45) is 5.92 Å². The zero-order valence-electron chi connectivity index (χ0n) is 12.5. The highest BCUT2D eigenvalue weighted by Crippen LogP contribution is 2.27. The number of carbonyl (C=O) groups is 1. The van der Waals surface area contributed by atoms with Crippen molar-refractivity contribution in [3.8, 4) is 0 Å². The normalized spacial score (nSPS) is 24.7. The first-order valence-corrected chi connectivity index (χ1v) is 7.97. The molecule has 3 unspecified atom stereocenters. The first-order valence-electron chi connectivity index (χ1n) is 7.59. The van der Waals surface area contributed by atoms with Crippen molar-refractivity contribution >= 4 is 17.5 Å². The molecule has 1 fully saturated rings. The second-order valence-corrected chi connectivity index (χ2v) is 6.20. The number of hydrogen-bond donors (Lipinski definition) is 3. The van der Waals surface area contributed by atoms with Crippen LogP contribution in [0.3, 0.4) is 0 Å². The van der Waals surface area contributed by atoms with Crippen LogP contribution in [-0.2, 0) is 4.79 Å². The Bertz CT molecular complexity index is 609. The molecule has 1 aromatic carbocycles. The molecular weight excluding hydrogens is 298 g/mol. The van der Waals surface area contributed by atoms with E-state index in [-0.39, 0.29) is 23.9 Å². The van der Waals surface area contributed by atoms with Crippen LogP contribution in [0.2, 0.25) is 5.02 Å². The molecule has 5 heteroatoms. The lowest BCUT2D eigenvalue weighted by Gasteiger charge is -2.20. The molecule has 1 aliphatic heterocycles. The van der Waals surface area contributed by atoms with Crippen LogP contribution in [0, 0.1) is 5.92 Å². The minimum atomic E-state index is -0.235. The quantitative estimate of drug-likeness (QED) is 0.803. The summed E-state index contributed by atoms with van der Waals surface area (Å²) in [7, 11) is 0. The molecule has 1 heterocycles. The molecule has 116 valence electrons. The van der Waals surface area contributed by atoms with Crippen LogP contribution in [0.5, 0.6) is 0 Å². The minimum Gasteiger partial charge on any atom is -0.348 e. The lowest BCUT2D eigenvalue weighted by Crippen LogP contribution is -2.46. The van der Waals surface area contributed by atoms with Crippen LogP contribution in [0.4, 0.5) is 0 Å². The van der Waals surface area contributed by atoms with Gasteiger partial charge in [-0.15, -0.1) is 0 Å². The third kappa shape index (κ3) is 3.18. The van der Waals surface area contributed by atoms with Crippen molar-refractivity contribution in [1.29, 1.82) is 0 Å². The Balaban J connectivity index is 1.66. The molecule has 0 bridgehead atoms. The van der Waals surface area contributed by atoms with Crippen LogP contribution in [0.15, 0.2) is 48.2 Å². The van der Waals surface area contributed by atoms with E-state index in [1.54, 1.807) is 0 Å². The van der Waals surface area contributed by atoms with Crippen molar-refractivity contribution in [1.82, 2.24) is 16.2 Å². The molecular formula is C17H20ClN3O. The van der Waals surface area contributed by atoms with E-state index in [9.17, 15) is 4.79 Å². The molecule has 3 N–H and O–H groups in total. The Morgan fingerprint density at radius 3 is 2.91 bits per heavy atom. The van der Waals surface area contributed by atoms with Crippen LogP contribution in [-0.4, -0.2) is 11.9 Å². The van der Waals surface area contributed by atoms with Crippen LogP contribution < -0.4 is 16.2 Å². The van der Waals surface area contributed by atoms with Gasteiger partial charge >= 0.3 is 0 Å². The van der Waals surface area contributed by atoms with Gasteiger partial charge in [0.25, 0.3) is 0 Å². The monoisotopic (exact) mass is 317 g/mol. The molecule has 1 aliphatic carbocycles. The van der Waals surface area contributed by atoms with E-state index < -0.39 is 0 Å². The van der Waals surface area contributed by atoms with Crippen molar-refractivity contribution in [3.05, 3.63) is 58.8 Å². The third-order valence-electron chi connectivity index (χ3n) is 4.24. The molecule has 0 spiro atoms. The minimum absolute atomic E-state index is 0.0188. The molecule has 3 atom stereocenters. The summed E-state index contributed by atoms with van der Waals surface area (Å²) in [4.78, 5) is 12.6. The maximum atomic E-state index is 12.6. The number of carbonyl (C=O) groups excluding carboxylic acids is 1. The van der Waals surface area contributed by atoms with E-state index >= 15 is 0 Å². The summed E-state index contributed by atoms with van der Waals surface area (Å²) >= 11 is 5.90. The summed E-state index contributed by atoms with van der Waals surface area (Å²) in [5.41, 5.74) is 8.37. The summed E-state index contributed by atoms with van der Waals surface area (Å²) in [5.74, 6) is 0.220. The van der Waals surface area contributed by atoms with E-state index in [2.05, 4.69) is 22.2 Å². The first-order chi connectivity index (χ1) is 10.6. The molecule has 22 heavy (non-hydrogen) atoms. The van der Waals surface area contributed by atoms with E-state index in [1.807, 2.05) is 43.3 Å². The molecule has 0 saturated carbocycles. The van der Waals surface area contributed by atoms with Gasteiger partial charge < -0.3 is 10.7 Å². The number of amides is 1. The van der Waals surface area contributed by atoms with Gasteiger partial charge in [-0.1, -0.05) is 35.9 Å². The number of rotatable bonds is 3. The topological polar surface area (TPSA) is 53.2 Å². The van der Waals surface area contributed by atoms with Crippen molar-refractivity contribution in [2.45, 2.75) is 31.8 Å². The highest BCUT2D eigenvalue weighted by Gasteiger charge is 2.36. The van der Waals surface area contributed by atoms with Crippen molar-refractivity contribution < 1.29 is 4.79 Å². The fraction of sp³-hybridized carbons (Fsp3) is 0.353. The predicted octanol–water partition coefficient (Wildman–Crippen LogP) is 2.84. The fourth-order valence-corrected chi connectivity index (χ4v) is 3.08. The Labute approximate surface area is 135 Å². The SMILES string of the molecule is CC(NC(=O)C1NNC2=CC=CCCC21)c1ccc(Cl)cc1. The van der Waals surface area contributed by atoms with E-state index in [1.165, 1.54) is 0 Å². The summed E-state index contributed by atoms with van der Waals surface area (Å²) in [5, 5.41) is 3.78. The molecule has 0 aromatic heterocycles. The van der Waals surface area contributed by atoms with Gasteiger partial charge in [-0.25, -0.2) is 5.43 Å². The number of fused-ring (bicyclic) bond motifs is 1. The van der Waals surface area contributed by atoms with E-state index in [4.69, 9.17) is 11.6 Å². The second-order valence-electron chi connectivity index (χ2n) is 5.76. The maximum absolute atomic E-state index is 12.6. The summed E-state index contributed by atoms with van der Waals surface area (Å²) in [6.07, 6.45) is 8.18. The van der Waals surface area contributed by atoms with Gasteiger partial charge in [-0.2, -0.15) is 0 Å². The fourth-order valence-electron chi connectivity index (χ4n) is 2.95. The number of hydrazine groups is 1. The largest absolute Gasteiger partial charge is 0.348 e. The third-order valence-corrected chi connectivity index (χ3v) is 4.49. The summed E-state index contributed by atoms with van der Waals surface area (Å²) in [6.45, 7) is 1.98. The molecule has 4 nitrogen and oxygen atoms in total. The molecule has 1 amide bonds. The molecule has 2 aliphatic rings. The lowest BCUT2D eigenvalue weighted by molar-refractivity contribution is -0.124. The van der Waals surface area contributed by atoms with Gasteiger partial charge in [0.2, 0.25) is 5.91 Å². The zero-order valence-corrected chi connectivity index (χ0v) is 13.2. The van der Waals surface area contributed by atoms with Gasteiger partial charge in [-0.05, 0) is 43.5 Å². The number of benzene rings is 1. The van der Waals surface area contributed by atoms with Crippen LogP contribution in [0.1, 0.15) is 31.4 Å². The highest BCUT2D eigenvalue weighted by molar-refractivity contribution is 6.30. The summed E-state index contributed by atoms with van der Waals surface area (Å²) in [6, 6.07) is 7.27. The van der Waals surface area contributed by atoms with Gasteiger partial charge in [0, 0.05) is 16.6 Å². The number of hydrogen-bond acceptors (Lipinski definition) is 3. The Morgan fingerprint density at radius 1 is 1.36 bits per heavy atom. The van der Waals surface area contributed by atoms with Crippen molar-refractivity contribution in [2.75, 3.05) is 0 Å². The average Bonchev–Trinajstić information content (AvgIpc) is 2.77. The maximum Gasteiger partial charge on any atom is 0.240 e. The Hall–Kier alpha value is -1.78. The van der Waals surface area contributed by atoms with Gasteiger partial charge in [0.1, 0.15) is 6.04 Å². The Morgan fingerprint density at radius 2 is 2.14 bits per heavy atom. The molecule has 1 aromatic rings. The molecule has 1 saturated heterocycles. The Kier molecular flexibility index (Phi) is 4.50. The van der Waals surface area contributed by atoms with Gasteiger partial charge in [-0.3, -0.25) is 4.79 Å². The highest BCUT2D eigenvalue weighted by atomic mass is 35.5. The van der Waals surface area contributed by atoms with Crippen molar-refractivity contribution in [3.63, 3.8) is 0 Å². The first kappa shape index (κ1) is 15.1. The van der Waals surface area contributed by atoms with E-state index in [0.29, 0.717) is 5.02 Å². The number of allylic oxidation sites excluding steroid dienone is 3. The summed E-state index contributed by atoms with van der Waals surface area (Å²) < 4.78 is 0. The van der Waals surface area contributed by atoms with Gasteiger partial charge in [0.05, 0.1) is 6.04 Å². The smallest absolute Gasteiger partial charge is 0.240 e. The standard InChI is InChI=1S/C17H20ClN3O/c1-11(12-7-9-13(18)10-8-12)19-17(22)16-14-5-3-2-4-6-15(14)20-21-16/h2,4,6-11,14,16,20-21H,3,5H2,1H3,(H,19,22). The molecule has 3 rings (SSSR count). The van der Waals surface area contributed by atoms with E-state index in [0.717, 1.165) is 24.1 Å². The van der Waals surface area contributed by atoms with Gasteiger partial charge in [0.15, 0.2) is 0 Å². The number of halogens is 1. The zero-order chi connectivity index (χ0) is 15.5. The second kappa shape index (κ2) is 6.55. The predicted molar refractivity (Wildman–Crippen MR) is 88.0 cm³/mol. The van der Waals surface area contributed by atoms with Crippen LogP contribution in [0.25, 0.3) is 0 Å². The number of nitrogens with one attached hydrogen (secondary N) is 3. The lowest BCUT2D eigenvalue weighted by atomic mass is 9.93. The molecule has 0 radical (unpaired) electrons. The van der Waals surface area contributed by atoms with Crippen LogP contribution >= 0.6 is 11.6 Å². The average molecular weight is 318 g/mol.